The van der Waals surface area contributed by atoms with Crippen molar-refractivity contribution in [1.29, 1.82) is 0 Å². The first-order chi connectivity index (χ1) is 29.7. The van der Waals surface area contributed by atoms with Crippen LogP contribution in [-0.2, 0) is 0 Å². The summed E-state index contributed by atoms with van der Waals surface area (Å²) in [7, 11) is 0. The van der Waals surface area contributed by atoms with Crippen LogP contribution in [0.15, 0.2) is 215 Å². The quantitative estimate of drug-likeness (QED) is 0.167. The molecule has 2 nitrogen and oxygen atoms in total. The predicted molar refractivity (Wildman–Crippen MR) is 253 cm³/mol. The molecular formula is C58H34O2. The fourth-order valence-corrected chi connectivity index (χ4v) is 9.84. The van der Waals surface area contributed by atoms with Crippen LogP contribution in [0.1, 0.15) is 0 Å². The highest BCUT2D eigenvalue weighted by Gasteiger charge is 2.19. The minimum absolute atomic E-state index is 0.916. The molecule has 0 aliphatic rings. The Morgan fingerprint density at radius 2 is 0.550 bits per heavy atom. The zero-order chi connectivity index (χ0) is 39.3. The molecule has 0 fully saturated rings. The highest BCUT2D eigenvalue weighted by atomic mass is 16.3. The van der Waals surface area contributed by atoms with Gasteiger partial charge in [0.2, 0.25) is 0 Å². The van der Waals surface area contributed by atoms with E-state index in [9.17, 15) is 0 Å². The van der Waals surface area contributed by atoms with Crippen LogP contribution in [0.2, 0.25) is 0 Å². The van der Waals surface area contributed by atoms with Crippen LogP contribution in [0.3, 0.4) is 0 Å². The molecule has 0 saturated carbocycles. The van der Waals surface area contributed by atoms with E-state index in [0.717, 1.165) is 66.1 Å². The van der Waals surface area contributed by atoms with Gasteiger partial charge in [0.15, 0.2) is 0 Å². The maximum absolute atomic E-state index is 6.41. The molecule has 0 bridgehead atoms. The van der Waals surface area contributed by atoms with Crippen molar-refractivity contribution in [3.05, 3.63) is 206 Å². The first kappa shape index (κ1) is 33.1. The highest BCUT2D eigenvalue weighted by molar-refractivity contribution is 6.22. The van der Waals surface area contributed by atoms with Crippen molar-refractivity contribution in [1.82, 2.24) is 0 Å². The number of para-hydroxylation sites is 4. The van der Waals surface area contributed by atoms with Crippen molar-refractivity contribution < 1.29 is 8.83 Å². The topological polar surface area (TPSA) is 26.3 Å². The average molecular weight is 763 g/mol. The second kappa shape index (κ2) is 12.8. The van der Waals surface area contributed by atoms with Gasteiger partial charge >= 0.3 is 0 Å². The summed E-state index contributed by atoms with van der Waals surface area (Å²) >= 11 is 0. The molecule has 60 heavy (non-hydrogen) atoms. The first-order valence-electron chi connectivity index (χ1n) is 20.6. The molecule has 13 aromatic rings. The summed E-state index contributed by atoms with van der Waals surface area (Å²) in [6.07, 6.45) is 0. The molecule has 0 radical (unpaired) electrons. The smallest absolute Gasteiger partial charge is 0.143 e. The maximum Gasteiger partial charge on any atom is 0.143 e. The van der Waals surface area contributed by atoms with Gasteiger partial charge in [-0.1, -0.05) is 170 Å². The van der Waals surface area contributed by atoms with Gasteiger partial charge in [-0.15, -0.1) is 0 Å². The van der Waals surface area contributed by atoms with Gasteiger partial charge in [0.1, 0.15) is 22.3 Å². The molecular weight excluding hydrogens is 729 g/mol. The van der Waals surface area contributed by atoms with Gasteiger partial charge in [-0.2, -0.15) is 0 Å². The van der Waals surface area contributed by atoms with E-state index >= 15 is 0 Å². The summed E-state index contributed by atoms with van der Waals surface area (Å²) in [5.74, 6) is 0. The van der Waals surface area contributed by atoms with Crippen molar-refractivity contribution in [2.24, 2.45) is 0 Å². The van der Waals surface area contributed by atoms with Crippen LogP contribution >= 0.6 is 0 Å². The number of rotatable bonds is 4. The van der Waals surface area contributed by atoms with Gasteiger partial charge in [0, 0.05) is 32.7 Å². The van der Waals surface area contributed by atoms with Crippen LogP contribution in [-0.4, -0.2) is 0 Å². The summed E-state index contributed by atoms with van der Waals surface area (Å²) in [6.45, 7) is 0. The third kappa shape index (κ3) is 4.95. The van der Waals surface area contributed by atoms with E-state index in [4.69, 9.17) is 8.83 Å². The summed E-state index contributed by atoms with van der Waals surface area (Å²) in [4.78, 5) is 0. The van der Waals surface area contributed by atoms with Crippen LogP contribution in [0, 0.1) is 0 Å². The van der Waals surface area contributed by atoms with E-state index in [1.807, 2.05) is 24.3 Å². The van der Waals surface area contributed by atoms with Crippen LogP contribution in [0.5, 0.6) is 0 Å². The molecule has 2 heterocycles. The fourth-order valence-electron chi connectivity index (χ4n) is 9.84. The number of fused-ring (bicyclic) bond motifs is 10. The lowest BCUT2D eigenvalue weighted by atomic mass is 9.85. The predicted octanol–water partition coefficient (Wildman–Crippen LogP) is 16.8. The maximum atomic E-state index is 6.41. The SMILES string of the molecule is c1ccc2c(c1)oc1c(-c3ccc4cc(-c5c6ccccc6c(-c6ccc7cc(-c8cccc9c8oc8ccccc89)ccc7c6)c6ccccc56)ccc4c3)cccc12. The molecule has 0 amide bonds. The van der Waals surface area contributed by atoms with Gasteiger partial charge in [-0.25, -0.2) is 0 Å². The van der Waals surface area contributed by atoms with Crippen LogP contribution in [0.4, 0.5) is 0 Å². The molecule has 2 aromatic heterocycles. The van der Waals surface area contributed by atoms with E-state index in [2.05, 4.69) is 182 Å². The zero-order valence-electron chi connectivity index (χ0n) is 32.4. The normalized spacial score (nSPS) is 12.0. The Labute approximate surface area is 345 Å². The molecule has 0 spiro atoms. The summed E-state index contributed by atoms with van der Waals surface area (Å²) in [5, 5.41) is 14.4. The molecule has 13 rings (SSSR count). The Kier molecular flexibility index (Phi) is 7.05. The third-order valence-electron chi connectivity index (χ3n) is 12.6. The Balaban J connectivity index is 0.924. The first-order valence-corrected chi connectivity index (χ1v) is 20.6. The van der Waals surface area contributed by atoms with E-state index < -0.39 is 0 Å². The lowest BCUT2D eigenvalue weighted by Crippen LogP contribution is -1.91. The minimum Gasteiger partial charge on any atom is -0.455 e. The van der Waals surface area contributed by atoms with Crippen molar-refractivity contribution in [3.63, 3.8) is 0 Å². The lowest BCUT2D eigenvalue weighted by Gasteiger charge is -2.18. The summed E-state index contributed by atoms with van der Waals surface area (Å²) in [6, 6.07) is 74.7. The average Bonchev–Trinajstić information content (AvgIpc) is 3.89. The molecule has 0 aliphatic heterocycles. The van der Waals surface area contributed by atoms with Crippen molar-refractivity contribution in [2.45, 2.75) is 0 Å². The largest absolute Gasteiger partial charge is 0.455 e. The Bertz CT molecular complexity index is 3590. The van der Waals surface area contributed by atoms with Crippen LogP contribution < -0.4 is 0 Å². The molecule has 2 heteroatoms. The molecule has 278 valence electrons. The van der Waals surface area contributed by atoms with Crippen LogP contribution in [0.25, 0.3) is 131 Å². The fraction of sp³-hybridized carbons (Fsp3) is 0. The molecule has 0 atom stereocenters. The van der Waals surface area contributed by atoms with Gasteiger partial charge < -0.3 is 8.83 Å². The van der Waals surface area contributed by atoms with Crippen molar-refractivity contribution >= 4 is 87.0 Å². The second-order valence-corrected chi connectivity index (χ2v) is 16.0. The lowest BCUT2D eigenvalue weighted by molar-refractivity contribution is 0.669. The molecule has 0 aliphatic carbocycles. The van der Waals surface area contributed by atoms with Gasteiger partial charge in [-0.3, -0.25) is 0 Å². The second-order valence-electron chi connectivity index (χ2n) is 16.0. The molecule has 0 unspecified atom stereocenters. The minimum atomic E-state index is 0.916. The Hall–Kier alpha value is -7.94. The monoisotopic (exact) mass is 762 g/mol. The highest BCUT2D eigenvalue weighted by Crippen LogP contribution is 2.46. The number of furan rings is 2. The van der Waals surface area contributed by atoms with Crippen molar-refractivity contribution in [3.8, 4) is 44.5 Å². The van der Waals surface area contributed by atoms with Crippen molar-refractivity contribution in [2.75, 3.05) is 0 Å². The summed E-state index contributed by atoms with van der Waals surface area (Å²) in [5.41, 5.74) is 13.1. The standard InChI is InChI=1S/C58H34O2/c1-2-14-48-47(13-1)55(41-29-25-35-31-39(27-23-37(35)33-41)43-17-9-19-51-45-11-5-7-21-53(45)59-57(43)51)49-15-3-4-16-50(49)56(48)42-30-26-36-32-40(28-24-38(36)34-42)44-18-10-20-52-46-12-6-8-22-54(46)60-58(44)52/h1-34H. The van der Waals surface area contributed by atoms with E-state index in [-0.39, 0.29) is 0 Å². The zero-order valence-corrected chi connectivity index (χ0v) is 32.4. The number of hydrogen-bond acceptors (Lipinski definition) is 2. The number of benzene rings is 11. The van der Waals surface area contributed by atoms with Gasteiger partial charge in [-0.05, 0) is 113 Å². The van der Waals surface area contributed by atoms with E-state index in [0.29, 0.717) is 0 Å². The molecule has 0 saturated heterocycles. The molecule has 0 N–H and O–H groups in total. The molecule has 11 aromatic carbocycles. The third-order valence-corrected chi connectivity index (χ3v) is 12.6. The Morgan fingerprint density at radius 1 is 0.233 bits per heavy atom. The van der Waals surface area contributed by atoms with Gasteiger partial charge in [0.05, 0.1) is 0 Å². The van der Waals surface area contributed by atoms with E-state index in [1.165, 1.54) is 65.3 Å². The van der Waals surface area contributed by atoms with E-state index in [1.54, 1.807) is 0 Å². The number of hydrogen-bond donors (Lipinski definition) is 0. The Morgan fingerprint density at radius 3 is 0.950 bits per heavy atom. The van der Waals surface area contributed by atoms with Gasteiger partial charge in [0.25, 0.3) is 0 Å². The summed E-state index contributed by atoms with van der Waals surface area (Å²) < 4.78 is 12.8.